The van der Waals surface area contributed by atoms with Gasteiger partial charge in [-0.05, 0) is 22.7 Å². The van der Waals surface area contributed by atoms with Crippen LogP contribution in [0, 0.1) is 0 Å². The summed E-state index contributed by atoms with van der Waals surface area (Å²) in [5, 5.41) is 8.97. The third kappa shape index (κ3) is 2.29. The maximum atomic E-state index is 8.97. The first-order valence-electron chi connectivity index (χ1n) is 4.98. The van der Waals surface area contributed by atoms with Gasteiger partial charge in [-0.3, -0.25) is 0 Å². The molecule has 2 aromatic rings. The van der Waals surface area contributed by atoms with Crippen molar-refractivity contribution < 1.29 is 9.84 Å². The maximum Gasteiger partial charge on any atom is 0.0827 e. The van der Waals surface area contributed by atoms with Crippen molar-refractivity contribution in [3.05, 3.63) is 40.9 Å². The fourth-order valence-electron chi connectivity index (χ4n) is 1.52. The van der Waals surface area contributed by atoms with Gasteiger partial charge >= 0.3 is 0 Å². The Hall–Kier alpha value is -1.23. The molecule has 0 bridgehead atoms. The summed E-state index contributed by atoms with van der Waals surface area (Å²) >= 11 is 1.45. The van der Waals surface area contributed by atoms with Gasteiger partial charge in [0.2, 0.25) is 0 Å². The second-order valence-corrected chi connectivity index (χ2v) is 4.34. The zero-order valence-electron chi connectivity index (χ0n) is 9.01. The minimum absolute atomic E-state index is 0.0765. The van der Waals surface area contributed by atoms with Crippen LogP contribution in [-0.4, -0.2) is 16.6 Å². The number of aromatic nitrogens is 1. The van der Waals surface area contributed by atoms with Crippen molar-refractivity contribution in [2.24, 2.45) is 0 Å². The number of hydrogen-bond acceptors (Lipinski definition) is 4. The van der Waals surface area contributed by atoms with Crippen molar-refractivity contribution in [1.82, 2.24) is 4.37 Å². The maximum absolute atomic E-state index is 8.97. The van der Waals surface area contributed by atoms with Crippen LogP contribution in [0.5, 0.6) is 0 Å². The van der Waals surface area contributed by atoms with Crippen LogP contribution in [0.2, 0.25) is 0 Å². The quantitative estimate of drug-likeness (QED) is 0.885. The Bertz CT molecular complexity index is 450. The molecular weight excluding hydrogens is 222 g/mol. The van der Waals surface area contributed by atoms with Crippen LogP contribution in [-0.2, 0) is 18.0 Å². The molecular formula is C12H13NO2S. The fourth-order valence-corrected chi connectivity index (χ4v) is 2.25. The first-order valence-corrected chi connectivity index (χ1v) is 5.75. The lowest BCUT2D eigenvalue weighted by Gasteiger charge is -2.03. The van der Waals surface area contributed by atoms with E-state index in [1.165, 1.54) is 11.5 Å². The van der Waals surface area contributed by atoms with Gasteiger partial charge in [-0.2, -0.15) is 0 Å². The molecule has 4 heteroatoms. The van der Waals surface area contributed by atoms with E-state index in [0.717, 1.165) is 21.6 Å². The van der Waals surface area contributed by atoms with Crippen molar-refractivity contribution in [2.45, 2.75) is 13.2 Å². The van der Waals surface area contributed by atoms with Crippen molar-refractivity contribution in [1.29, 1.82) is 0 Å². The Kier molecular flexibility index (Phi) is 3.66. The average Bonchev–Trinajstić information content (AvgIpc) is 2.78. The second kappa shape index (κ2) is 5.21. The van der Waals surface area contributed by atoms with Crippen molar-refractivity contribution in [3.8, 4) is 11.1 Å². The van der Waals surface area contributed by atoms with Crippen LogP contribution in [0.25, 0.3) is 11.1 Å². The van der Waals surface area contributed by atoms with Crippen LogP contribution >= 0.6 is 11.5 Å². The fraction of sp³-hybridized carbons (Fsp3) is 0.250. The molecule has 0 aliphatic rings. The lowest BCUT2D eigenvalue weighted by molar-refractivity contribution is 0.188. The Morgan fingerprint density at radius 2 is 2.06 bits per heavy atom. The molecule has 0 spiro atoms. The summed E-state index contributed by atoms with van der Waals surface area (Å²) in [5.41, 5.74) is 3.13. The van der Waals surface area contributed by atoms with E-state index in [4.69, 9.17) is 9.84 Å². The molecule has 0 saturated heterocycles. The third-order valence-electron chi connectivity index (χ3n) is 2.37. The van der Waals surface area contributed by atoms with Gasteiger partial charge in [0.15, 0.2) is 0 Å². The second-order valence-electron chi connectivity index (χ2n) is 3.45. The molecule has 84 valence electrons. The number of ether oxygens (including phenoxy) is 1. The van der Waals surface area contributed by atoms with E-state index in [9.17, 15) is 0 Å². The zero-order valence-corrected chi connectivity index (χ0v) is 9.83. The smallest absolute Gasteiger partial charge is 0.0827 e. The summed E-state index contributed by atoms with van der Waals surface area (Å²) < 4.78 is 9.30. The molecule has 0 unspecified atom stereocenters. The molecule has 1 aromatic carbocycles. The number of hydrogen-bond donors (Lipinski definition) is 1. The van der Waals surface area contributed by atoms with Gasteiger partial charge in [0, 0.05) is 18.9 Å². The largest absolute Gasteiger partial charge is 0.392 e. The highest BCUT2D eigenvalue weighted by Gasteiger charge is 2.07. The summed E-state index contributed by atoms with van der Waals surface area (Å²) in [6.45, 7) is 0.662. The molecule has 0 saturated carbocycles. The predicted molar refractivity (Wildman–Crippen MR) is 64.2 cm³/mol. The summed E-state index contributed by atoms with van der Waals surface area (Å²) in [6, 6.07) is 7.83. The normalized spacial score (nSPS) is 10.6. The number of aliphatic hydroxyl groups is 1. The summed E-state index contributed by atoms with van der Waals surface area (Å²) in [5.74, 6) is 0. The van der Waals surface area contributed by atoms with Gasteiger partial charge in [0.1, 0.15) is 0 Å². The molecule has 0 aliphatic carbocycles. The highest BCUT2D eigenvalue weighted by molar-refractivity contribution is 7.06. The van der Waals surface area contributed by atoms with Crippen molar-refractivity contribution >= 4 is 11.5 Å². The molecule has 0 amide bonds. The molecule has 2 rings (SSSR count). The third-order valence-corrected chi connectivity index (χ3v) is 3.14. The number of methoxy groups -OCH3 is 1. The summed E-state index contributed by atoms with van der Waals surface area (Å²) in [4.78, 5) is 1.12. The highest BCUT2D eigenvalue weighted by Crippen LogP contribution is 2.27. The average molecular weight is 235 g/mol. The lowest BCUT2D eigenvalue weighted by Crippen LogP contribution is -1.87. The van der Waals surface area contributed by atoms with E-state index in [1.54, 1.807) is 7.11 Å². The van der Waals surface area contributed by atoms with Crippen LogP contribution < -0.4 is 0 Å². The molecule has 1 heterocycles. The van der Waals surface area contributed by atoms with Gasteiger partial charge in [0.25, 0.3) is 0 Å². The number of aliphatic hydroxyl groups excluding tert-OH is 1. The lowest BCUT2D eigenvalue weighted by atomic mass is 10.1. The highest BCUT2D eigenvalue weighted by atomic mass is 32.1. The van der Waals surface area contributed by atoms with Crippen LogP contribution in [0.15, 0.2) is 30.5 Å². The minimum Gasteiger partial charge on any atom is -0.392 e. The van der Waals surface area contributed by atoms with E-state index >= 15 is 0 Å². The summed E-state index contributed by atoms with van der Waals surface area (Å²) in [7, 11) is 1.68. The van der Waals surface area contributed by atoms with Crippen molar-refractivity contribution in [3.63, 3.8) is 0 Å². The van der Waals surface area contributed by atoms with Crippen LogP contribution in [0.4, 0.5) is 0 Å². The zero-order chi connectivity index (χ0) is 11.4. The van der Waals surface area contributed by atoms with Crippen molar-refractivity contribution in [2.75, 3.05) is 7.11 Å². The molecule has 0 radical (unpaired) electrons. The first-order chi connectivity index (χ1) is 7.85. The molecule has 0 atom stereocenters. The molecule has 1 aromatic heterocycles. The minimum atomic E-state index is 0.0765. The predicted octanol–water partition coefficient (Wildman–Crippen LogP) is 2.45. The molecule has 3 nitrogen and oxygen atoms in total. The van der Waals surface area contributed by atoms with Crippen LogP contribution in [0.1, 0.15) is 10.4 Å². The number of nitrogens with zero attached hydrogens (tertiary/aromatic N) is 1. The van der Waals surface area contributed by atoms with Gasteiger partial charge in [-0.1, -0.05) is 24.3 Å². The van der Waals surface area contributed by atoms with Crippen LogP contribution in [0.3, 0.4) is 0 Å². The van der Waals surface area contributed by atoms with Gasteiger partial charge < -0.3 is 9.84 Å². The molecule has 16 heavy (non-hydrogen) atoms. The Morgan fingerprint density at radius 1 is 1.31 bits per heavy atom. The van der Waals surface area contributed by atoms with E-state index in [1.807, 2.05) is 30.5 Å². The Labute approximate surface area is 98.5 Å². The van der Waals surface area contributed by atoms with Gasteiger partial charge in [0.05, 0.1) is 18.1 Å². The molecule has 0 fully saturated rings. The van der Waals surface area contributed by atoms with E-state index in [-0.39, 0.29) is 6.61 Å². The SMILES string of the molecule is COCc1sncc1-c1ccc(CO)cc1. The number of benzene rings is 1. The Morgan fingerprint density at radius 3 is 2.69 bits per heavy atom. The first kappa shape index (κ1) is 11.3. The van der Waals surface area contributed by atoms with Gasteiger partial charge in [-0.25, -0.2) is 4.37 Å². The van der Waals surface area contributed by atoms with E-state index in [2.05, 4.69) is 4.37 Å². The summed E-state index contributed by atoms with van der Waals surface area (Å²) in [6.07, 6.45) is 1.85. The Balaban J connectivity index is 2.31. The van der Waals surface area contributed by atoms with E-state index in [0.29, 0.717) is 6.61 Å². The molecule has 1 N–H and O–H groups in total. The van der Waals surface area contributed by atoms with E-state index < -0.39 is 0 Å². The topological polar surface area (TPSA) is 42.4 Å². The number of rotatable bonds is 4. The van der Waals surface area contributed by atoms with Gasteiger partial charge in [-0.15, -0.1) is 0 Å². The monoisotopic (exact) mass is 235 g/mol. The molecule has 0 aliphatic heterocycles. The standard InChI is InChI=1S/C12H13NO2S/c1-15-8-12-11(6-13-16-12)10-4-2-9(7-14)3-5-10/h2-6,14H,7-8H2,1H3.